The van der Waals surface area contributed by atoms with Crippen molar-refractivity contribution in [2.45, 2.75) is 6.43 Å². The molecule has 0 atom stereocenters. The van der Waals surface area contributed by atoms with Gasteiger partial charge < -0.3 is 15.7 Å². The number of carbonyl (C=O) groups excluding carboxylic acids is 1. The molecule has 0 saturated carbocycles. The molecule has 0 fully saturated rings. The van der Waals surface area contributed by atoms with Crippen LogP contribution < -0.4 is 10.6 Å². The number of rotatable bonds is 4. The molecular formula is C10H9ClF2N2O3. The van der Waals surface area contributed by atoms with Gasteiger partial charge in [-0.15, -0.1) is 0 Å². The van der Waals surface area contributed by atoms with Crippen LogP contribution >= 0.6 is 11.6 Å². The number of hydrogen-bond acceptors (Lipinski definition) is 2. The summed E-state index contributed by atoms with van der Waals surface area (Å²) < 4.78 is 23.7. The molecule has 2 amide bonds. The Labute approximate surface area is 106 Å². The molecule has 0 radical (unpaired) electrons. The third-order valence-corrected chi connectivity index (χ3v) is 2.11. The van der Waals surface area contributed by atoms with E-state index in [4.69, 9.17) is 16.7 Å². The minimum atomic E-state index is -2.68. The van der Waals surface area contributed by atoms with E-state index >= 15 is 0 Å². The van der Waals surface area contributed by atoms with Gasteiger partial charge in [0.1, 0.15) is 0 Å². The maximum absolute atomic E-state index is 11.8. The second-order valence-electron chi connectivity index (χ2n) is 3.22. The quantitative estimate of drug-likeness (QED) is 0.791. The van der Waals surface area contributed by atoms with Gasteiger partial charge in [0, 0.05) is 5.02 Å². The van der Waals surface area contributed by atoms with Gasteiger partial charge in [-0.25, -0.2) is 18.4 Å². The van der Waals surface area contributed by atoms with Crippen molar-refractivity contribution in [1.29, 1.82) is 0 Å². The van der Waals surface area contributed by atoms with E-state index < -0.39 is 25.0 Å². The summed E-state index contributed by atoms with van der Waals surface area (Å²) in [6.45, 7) is -0.818. The molecule has 1 aromatic carbocycles. The molecule has 0 aliphatic rings. The van der Waals surface area contributed by atoms with Crippen LogP contribution in [0.3, 0.4) is 0 Å². The van der Waals surface area contributed by atoms with E-state index in [1.54, 1.807) is 0 Å². The zero-order valence-corrected chi connectivity index (χ0v) is 9.67. The normalized spacial score (nSPS) is 10.2. The number of urea groups is 1. The second-order valence-corrected chi connectivity index (χ2v) is 3.66. The molecule has 18 heavy (non-hydrogen) atoms. The molecule has 0 saturated heterocycles. The first kappa shape index (κ1) is 14.2. The van der Waals surface area contributed by atoms with E-state index in [1.807, 2.05) is 5.32 Å². The SMILES string of the molecule is O=C(NCC(F)F)Nc1ccc(Cl)cc1C(=O)O. The fourth-order valence-corrected chi connectivity index (χ4v) is 1.31. The predicted molar refractivity (Wildman–Crippen MR) is 61.4 cm³/mol. The Bertz CT molecular complexity index is 468. The third-order valence-electron chi connectivity index (χ3n) is 1.88. The summed E-state index contributed by atoms with van der Waals surface area (Å²) in [5.41, 5.74) is -0.256. The van der Waals surface area contributed by atoms with Crippen molar-refractivity contribution < 1.29 is 23.5 Å². The number of aromatic carboxylic acids is 1. The van der Waals surface area contributed by atoms with Gasteiger partial charge in [0.25, 0.3) is 6.43 Å². The number of carbonyl (C=O) groups is 2. The first-order valence-electron chi connectivity index (χ1n) is 4.76. The number of carboxylic acid groups (broad SMARTS) is 1. The maximum atomic E-state index is 11.8. The molecule has 8 heteroatoms. The molecule has 1 aromatic rings. The van der Waals surface area contributed by atoms with E-state index in [-0.39, 0.29) is 16.3 Å². The Hall–Kier alpha value is -1.89. The molecular weight excluding hydrogens is 270 g/mol. The summed E-state index contributed by atoms with van der Waals surface area (Å²) >= 11 is 5.61. The topological polar surface area (TPSA) is 78.4 Å². The standard InChI is InChI=1S/C10H9ClF2N2O3/c11-5-1-2-7(6(3-5)9(16)17)15-10(18)14-4-8(12)13/h1-3,8H,4H2,(H,16,17)(H2,14,15,18). The van der Waals surface area contributed by atoms with Crippen LogP contribution in [0.4, 0.5) is 19.3 Å². The van der Waals surface area contributed by atoms with Crippen molar-refractivity contribution in [3.63, 3.8) is 0 Å². The number of anilines is 1. The number of benzene rings is 1. The Kier molecular flexibility index (Phi) is 4.85. The Morgan fingerprint density at radius 3 is 2.61 bits per heavy atom. The van der Waals surface area contributed by atoms with E-state index in [0.29, 0.717) is 0 Å². The van der Waals surface area contributed by atoms with Crippen LogP contribution in [0.15, 0.2) is 18.2 Å². The number of amides is 2. The average molecular weight is 279 g/mol. The van der Waals surface area contributed by atoms with Crippen molar-refractivity contribution in [2.24, 2.45) is 0 Å². The fraction of sp³-hybridized carbons (Fsp3) is 0.200. The molecule has 0 bridgehead atoms. The molecule has 0 heterocycles. The molecule has 1 rings (SSSR count). The van der Waals surface area contributed by atoms with Gasteiger partial charge in [-0.2, -0.15) is 0 Å². The Balaban J connectivity index is 2.78. The molecule has 0 aromatic heterocycles. The number of halogens is 3. The monoisotopic (exact) mass is 278 g/mol. The molecule has 5 nitrogen and oxygen atoms in total. The molecule has 98 valence electrons. The fourth-order valence-electron chi connectivity index (χ4n) is 1.14. The van der Waals surface area contributed by atoms with Gasteiger partial charge >= 0.3 is 12.0 Å². The first-order valence-corrected chi connectivity index (χ1v) is 5.14. The first-order chi connectivity index (χ1) is 8.40. The third kappa shape index (κ3) is 4.17. The van der Waals surface area contributed by atoms with Crippen LogP contribution in [-0.2, 0) is 0 Å². The number of carboxylic acids is 1. The van der Waals surface area contributed by atoms with Crippen LogP contribution in [0.5, 0.6) is 0 Å². The van der Waals surface area contributed by atoms with Crippen LogP contribution in [0.25, 0.3) is 0 Å². The van der Waals surface area contributed by atoms with Crippen molar-refractivity contribution in [3.8, 4) is 0 Å². The Morgan fingerprint density at radius 2 is 2.06 bits per heavy atom. The molecule has 0 spiro atoms. The van der Waals surface area contributed by atoms with Crippen LogP contribution in [0, 0.1) is 0 Å². The van der Waals surface area contributed by atoms with Crippen LogP contribution in [0.2, 0.25) is 5.02 Å². The molecule has 0 aliphatic carbocycles. The van der Waals surface area contributed by atoms with Crippen LogP contribution in [0.1, 0.15) is 10.4 Å². The van der Waals surface area contributed by atoms with Crippen molar-refractivity contribution in [2.75, 3.05) is 11.9 Å². The second kappa shape index (κ2) is 6.15. The molecule has 0 aliphatic heterocycles. The largest absolute Gasteiger partial charge is 0.478 e. The highest BCUT2D eigenvalue weighted by atomic mass is 35.5. The lowest BCUT2D eigenvalue weighted by Crippen LogP contribution is -2.33. The van der Waals surface area contributed by atoms with E-state index in [9.17, 15) is 18.4 Å². The average Bonchev–Trinajstić information content (AvgIpc) is 2.28. The van der Waals surface area contributed by atoms with E-state index in [0.717, 1.165) is 6.07 Å². The van der Waals surface area contributed by atoms with Gasteiger partial charge in [-0.05, 0) is 18.2 Å². The van der Waals surface area contributed by atoms with Gasteiger partial charge in [0.2, 0.25) is 0 Å². The zero-order valence-electron chi connectivity index (χ0n) is 8.91. The minimum absolute atomic E-state index is 0.0290. The molecule has 0 unspecified atom stereocenters. The number of alkyl halides is 2. The summed E-state index contributed by atoms with van der Waals surface area (Å²) in [5.74, 6) is -1.29. The summed E-state index contributed by atoms with van der Waals surface area (Å²) in [6.07, 6.45) is -2.68. The van der Waals surface area contributed by atoms with E-state index in [1.165, 1.54) is 12.1 Å². The van der Waals surface area contributed by atoms with Gasteiger partial charge in [-0.1, -0.05) is 11.6 Å². The summed E-state index contributed by atoms with van der Waals surface area (Å²) in [4.78, 5) is 22.1. The number of nitrogens with one attached hydrogen (secondary N) is 2. The highest BCUT2D eigenvalue weighted by molar-refractivity contribution is 6.31. The minimum Gasteiger partial charge on any atom is -0.478 e. The van der Waals surface area contributed by atoms with Crippen molar-refractivity contribution in [1.82, 2.24) is 5.32 Å². The smallest absolute Gasteiger partial charge is 0.337 e. The Morgan fingerprint density at radius 1 is 1.39 bits per heavy atom. The lowest BCUT2D eigenvalue weighted by molar-refractivity contribution is 0.0698. The summed E-state index contributed by atoms with van der Waals surface area (Å²) in [7, 11) is 0. The van der Waals surface area contributed by atoms with Crippen molar-refractivity contribution in [3.05, 3.63) is 28.8 Å². The molecule has 3 N–H and O–H groups in total. The van der Waals surface area contributed by atoms with E-state index in [2.05, 4.69) is 5.32 Å². The number of hydrogen-bond donors (Lipinski definition) is 3. The lowest BCUT2D eigenvalue weighted by atomic mass is 10.2. The van der Waals surface area contributed by atoms with Gasteiger partial charge in [0.15, 0.2) is 0 Å². The highest BCUT2D eigenvalue weighted by Gasteiger charge is 2.13. The zero-order chi connectivity index (χ0) is 13.7. The van der Waals surface area contributed by atoms with Crippen LogP contribution in [-0.4, -0.2) is 30.1 Å². The lowest BCUT2D eigenvalue weighted by Gasteiger charge is -2.09. The predicted octanol–water partition coefficient (Wildman–Crippen LogP) is 2.42. The van der Waals surface area contributed by atoms with Crippen molar-refractivity contribution >= 4 is 29.3 Å². The maximum Gasteiger partial charge on any atom is 0.337 e. The summed E-state index contributed by atoms with van der Waals surface area (Å²) in [6, 6.07) is 2.87. The van der Waals surface area contributed by atoms with Gasteiger partial charge in [-0.3, -0.25) is 0 Å². The van der Waals surface area contributed by atoms with Gasteiger partial charge in [0.05, 0.1) is 17.8 Å². The summed E-state index contributed by atoms with van der Waals surface area (Å²) in [5, 5.41) is 13.1. The highest BCUT2D eigenvalue weighted by Crippen LogP contribution is 2.20.